The van der Waals surface area contributed by atoms with Gasteiger partial charge in [-0.2, -0.15) is 0 Å². The largest absolute Gasteiger partial charge is 0.465 e. The van der Waals surface area contributed by atoms with E-state index in [4.69, 9.17) is 4.42 Å². The van der Waals surface area contributed by atoms with Gasteiger partial charge < -0.3 is 14.6 Å². The van der Waals surface area contributed by atoms with Gasteiger partial charge in [0.25, 0.3) is 0 Å². The smallest absolute Gasteiger partial charge is 0.244 e. The number of hydrogen-bond acceptors (Lipinski definition) is 3. The highest BCUT2D eigenvalue weighted by atomic mass is 16.3. The standard InChI is InChI=1S/C18H20N2O3/c1-20(2)18(22)16(13-14-7-4-3-5-8-14)19-17(21)11-10-15-9-6-12-23-15/h3-12,16H,13H2,1-2H3,(H,19,21). The van der Waals surface area contributed by atoms with E-state index in [1.54, 1.807) is 32.3 Å². The van der Waals surface area contributed by atoms with Crippen molar-refractivity contribution < 1.29 is 14.0 Å². The maximum absolute atomic E-state index is 12.3. The minimum absolute atomic E-state index is 0.145. The maximum atomic E-state index is 12.3. The first-order chi connectivity index (χ1) is 11.1. The maximum Gasteiger partial charge on any atom is 0.244 e. The summed E-state index contributed by atoms with van der Waals surface area (Å²) < 4.78 is 5.13. The van der Waals surface area contributed by atoms with Crippen LogP contribution in [-0.4, -0.2) is 36.9 Å². The molecule has 5 heteroatoms. The Morgan fingerprint density at radius 2 is 1.91 bits per heavy atom. The van der Waals surface area contributed by atoms with Crippen molar-refractivity contribution in [1.29, 1.82) is 0 Å². The molecule has 1 heterocycles. The van der Waals surface area contributed by atoms with E-state index in [9.17, 15) is 9.59 Å². The van der Waals surface area contributed by atoms with E-state index in [-0.39, 0.29) is 11.8 Å². The number of amides is 2. The number of carbonyl (C=O) groups is 2. The first-order valence-corrected chi connectivity index (χ1v) is 7.33. The van der Waals surface area contributed by atoms with Gasteiger partial charge in [-0.15, -0.1) is 0 Å². The summed E-state index contributed by atoms with van der Waals surface area (Å²) in [6, 6.07) is 12.5. The molecule has 2 amide bonds. The minimum Gasteiger partial charge on any atom is -0.465 e. The molecule has 1 unspecified atom stereocenters. The Hall–Kier alpha value is -2.82. The van der Waals surface area contributed by atoms with Crippen LogP contribution < -0.4 is 5.32 Å². The third-order valence-electron chi connectivity index (χ3n) is 3.28. The molecule has 0 spiro atoms. The van der Waals surface area contributed by atoms with E-state index in [0.29, 0.717) is 12.2 Å². The van der Waals surface area contributed by atoms with Gasteiger partial charge in [-0.05, 0) is 23.8 Å². The molecule has 1 aromatic heterocycles. The van der Waals surface area contributed by atoms with Gasteiger partial charge in [0.2, 0.25) is 11.8 Å². The van der Waals surface area contributed by atoms with Crippen LogP contribution in [0.3, 0.4) is 0 Å². The second kappa shape index (κ2) is 7.98. The Balaban J connectivity index is 2.04. The van der Waals surface area contributed by atoms with Crippen LogP contribution in [-0.2, 0) is 16.0 Å². The van der Waals surface area contributed by atoms with Gasteiger partial charge in [0, 0.05) is 26.6 Å². The van der Waals surface area contributed by atoms with Crippen molar-refractivity contribution in [3.8, 4) is 0 Å². The number of carbonyl (C=O) groups excluding carboxylic acids is 2. The van der Waals surface area contributed by atoms with Crippen molar-refractivity contribution in [2.45, 2.75) is 12.5 Å². The number of nitrogens with one attached hydrogen (secondary N) is 1. The van der Waals surface area contributed by atoms with Gasteiger partial charge in [-0.3, -0.25) is 9.59 Å². The van der Waals surface area contributed by atoms with Crippen LogP contribution in [0.15, 0.2) is 59.2 Å². The molecule has 2 aromatic rings. The van der Waals surface area contributed by atoms with Crippen molar-refractivity contribution in [1.82, 2.24) is 10.2 Å². The number of nitrogens with zero attached hydrogens (tertiary/aromatic N) is 1. The van der Waals surface area contributed by atoms with Crippen LogP contribution in [0.1, 0.15) is 11.3 Å². The van der Waals surface area contributed by atoms with E-state index in [2.05, 4.69) is 5.32 Å². The summed E-state index contributed by atoms with van der Waals surface area (Å²) in [5.41, 5.74) is 0.989. The predicted octanol–water partition coefficient (Wildman–Crippen LogP) is 2.11. The van der Waals surface area contributed by atoms with Gasteiger partial charge >= 0.3 is 0 Å². The molecule has 0 radical (unpaired) electrons. The van der Waals surface area contributed by atoms with Gasteiger partial charge in [-0.1, -0.05) is 30.3 Å². The highest BCUT2D eigenvalue weighted by Crippen LogP contribution is 2.06. The van der Waals surface area contributed by atoms with E-state index in [1.807, 2.05) is 30.3 Å². The lowest BCUT2D eigenvalue weighted by Gasteiger charge is -2.21. The number of likely N-dealkylation sites (N-methyl/N-ethyl adjacent to an activating group) is 1. The van der Waals surface area contributed by atoms with Crippen molar-refractivity contribution in [3.05, 3.63) is 66.1 Å². The Labute approximate surface area is 135 Å². The summed E-state index contributed by atoms with van der Waals surface area (Å²) in [6.45, 7) is 0. The Kier molecular flexibility index (Phi) is 5.74. The van der Waals surface area contributed by atoms with Crippen molar-refractivity contribution >= 4 is 17.9 Å². The van der Waals surface area contributed by atoms with Crippen LogP contribution in [0.4, 0.5) is 0 Å². The molecule has 0 aliphatic rings. The topological polar surface area (TPSA) is 62.6 Å². The minimum atomic E-state index is -0.610. The van der Waals surface area contributed by atoms with Crippen molar-refractivity contribution in [3.63, 3.8) is 0 Å². The summed E-state index contributed by atoms with van der Waals surface area (Å²) in [5.74, 6) is 0.102. The van der Waals surface area contributed by atoms with Gasteiger partial charge in [0.05, 0.1) is 6.26 Å². The molecule has 1 aromatic carbocycles. The number of hydrogen-bond donors (Lipinski definition) is 1. The van der Waals surface area contributed by atoms with Gasteiger partial charge in [0.1, 0.15) is 11.8 Å². The lowest BCUT2D eigenvalue weighted by atomic mass is 10.0. The monoisotopic (exact) mass is 312 g/mol. The van der Waals surface area contributed by atoms with E-state index in [0.717, 1.165) is 5.56 Å². The molecule has 0 saturated heterocycles. The SMILES string of the molecule is CN(C)C(=O)C(Cc1ccccc1)NC(=O)C=Cc1ccco1. The molecule has 1 atom stereocenters. The number of benzene rings is 1. The predicted molar refractivity (Wildman–Crippen MR) is 88.5 cm³/mol. The van der Waals surface area contributed by atoms with Crippen molar-refractivity contribution in [2.75, 3.05) is 14.1 Å². The molecular formula is C18H20N2O3. The molecule has 2 rings (SSSR count). The quantitative estimate of drug-likeness (QED) is 0.831. The third-order valence-corrected chi connectivity index (χ3v) is 3.28. The molecule has 0 saturated carbocycles. The van der Waals surface area contributed by atoms with Crippen LogP contribution >= 0.6 is 0 Å². The summed E-state index contributed by atoms with van der Waals surface area (Å²) in [4.78, 5) is 25.8. The van der Waals surface area contributed by atoms with Gasteiger partial charge in [-0.25, -0.2) is 0 Å². The average Bonchev–Trinajstić information content (AvgIpc) is 3.06. The zero-order chi connectivity index (χ0) is 16.7. The zero-order valence-electron chi connectivity index (χ0n) is 13.2. The molecule has 0 aliphatic carbocycles. The second-order valence-corrected chi connectivity index (χ2v) is 5.33. The lowest BCUT2D eigenvalue weighted by molar-refractivity contribution is -0.133. The number of furan rings is 1. The zero-order valence-corrected chi connectivity index (χ0v) is 13.2. The van der Waals surface area contributed by atoms with Crippen LogP contribution in [0.2, 0.25) is 0 Å². The average molecular weight is 312 g/mol. The van der Waals surface area contributed by atoms with E-state index < -0.39 is 6.04 Å². The third kappa shape index (κ3) is 5.14. The summed E-state index contributed by atoms with van der Waals surface area (Å²) >= 11 is 0. The van der Waals surface area contributed by atoms with Crippen LogP contribution in [0.5, 0.6) is 0 Å². The summed E-state index contributed by atoms with van der Waals surface area (Å²) in [5, 5.41) is 2.75. The molecule has 0 bridgehead atoms. The highest BCUT2D eigenvalue weighted by Gasteiger charge is 2.21. The van der Waals surface area contributed by atoms with Crippen LogP contribution in [0.25, 0.3) is 6.08 Å². The fraction of sp³-hybridized carbons (Fsp3) is 0.222. The summed E-state index contributed by atoms with van der Waals surface area (Å²) in [6.07, 6.45) is 4.90. The first-order valence-electron chi connectivity index (χ1n) is 7.33. The van der Waals surface area contributed by atoms with Gasteiger partial charge in [0.15, 0.2) is 0 Å². The molecule has 0 fully saturated rings. The normalized spacial score (nSPS) is 12.1. The Morgan fingerprint density at radius 1 is 1.17 bits per heavy atom. The molecular weight excluding hydrogens is 292 g/mol. The lowest BCUT2D eigenvalue weighted by Crippen LogP contribution is -2.47. The van der Waals surface area contributed by atoms with E-state index in [1.165, 1.54) is 17.2 Å². The summed E-state index contributed by atoms with van der Waals surface area (Å²) in [7, 11) is 3.34. The molecule has 23 heavy (non-hydrogen) atoms. The number of rotatable bonds is 6. The van der Waals surface area contributed by atoms with Crippen LogP contribution in [0, 0.1) is 0 Å². The first kappa shape index (κ1) is 16.5. The molecule has 120 valence electrons. The molecule has 0 aliphatic heterocycles. The fourth-order valence-corrected chi connectivity index (χ4v) is 2.13. The highest BCUT2D eigenvalue weighted by molar-refractivity contribution is 5.95. The molecule has 5 nitrogen and oxygen atoms in total. The van der Waals surface area contributed by atoms with E-state index >= 15 is 0 Å². The Bertz CT molecular complexity index is 661. The Morgan fingerprint density at radius 3 is 2.52 bits per heavy atom. The fourth-order valence-electron chi connectivity index (χ4n) is 2.13. The second-order valence-electron chi connectivity index (χ2n) is 5.33. The van der Waals surface area contributed by atoms with Crippen molar-refractivity contribution in [2.24, 2.45) is 0 Å². The molecule has 1 N–H and O–H groups in total.